The molecule has 1 aromatic carbocycles. The topological polar surface area (TPSA) is 49.3 Å². The molecule has 142 valence electrons. The van der Waals surface area contributed by atoms with Crippen LogP contribution in [0.25, 0.3) is 0 Å². The Kier molecular flexibility index (Phi) is 5.21. The summed E-state index contributed by atoms with van der Waals surface area (Å²) >= 11 is 0. The van der Waals surface area contributed by atoms with Crippen molar-refractivity contribution >= 4 is 5.91 Å². The summed E-state index contributed by atoms with van der Waals surface area (Å²) in [7, 11) is 0. The largest absolute Gasteiger partial charge is 0.337 e. The molecular formula is C22H28N4O. The van der Waals surface area contributed by atoms with Gasteiger partial charge in [-0.3, -0.25) is 9.78 Å². The zero-order valence-corrected chi connectivity index (χ0v) is 16.1. The molecular weight excluding hydrogens is 336 g/mol. The smallest absolute Gasteiger partial charge is 0.274 e. The van der Waals surface area contributed by atoms with Gasteiger partial charge in [-0.1, -0.05) is 37.3 Å². The van der Waals surface area contributed by atoms with Crippen molar-refractivity contribution in [3.05, 3.63) is 60.2 Å². The fourth-order valence-corrected chi connectivity index (χ4v) is 4.81. The highest BCUT2D eigenvalue weighted by Crippen LogP contribution is 2.45. The summed E-state index contributed by atoms with van der Waals surface area (Å²) in [5, 5.41) is 0. The van der Waals surface area contributed by atoms with E-state index in [1.807, 2.05) is 4.90 Å². The Balaban J connectivity index is 1.46. The maximum absolute atomic E-state index is 12.7. The molecule has 2 aromatic rings. The zero-order chi connectivity index (χ0) is 18.7. The van der Waals surface area contributed by atoms with E-state index in [0.717, 1.165) is 45.6 Å². The fourth-order valence-electron chi connectivity index (χ4n) is 4.81. The van der Waals surface area contributed by atoms with Gasteiger partial charge in [0.2, 0.25) is 0 Å². The summed E-state index contributed by atoms with van der Waals surface area (Å²) in [6.07, 6.45) is 8.12. The molecule has 5 nitrogen and oxygen atoms in total. The molecule has 0 bridgehead atoms. The zero-order valence-electron chi connectivity index (χ0n) is 16.1. The van der Waals surface area contributed by atoms with E-state index in [9.17, 15) is 4.79 Å². The van der Waals surface area contributed by atoms with Gasteiger partial charge in [-0.15, -0.1) is 0 Å². The Morgan fingerprint density at radius 1 is 1.19 bits per heavy atom. The summed E-state index contributed by atoms with van der Waals surface area (Å²) in [6.45, 7) is 7.27. The van der Waals surface area contributed by atoms with Gasteiger partial charge in [0.25, 0.3) is 5.91 Å². The summed E-state index contributed by atoms with van der Waals surface area (Å²) in [5.74, 6) is 0.600. The second-order valence-electron chi connectivity index (χ2n) is 8.02. The van der Waals surface area contributed by atoms with Crippen molar-refractivity contribution in [1.29, 1.82) is 0 Å². The molecule has 0 radical (unpaired) electrons. The third-order valence-corrected chi connectivity index (χ3v) is 6.33. The molecule has 27 heavy (non-hydrogen) atoms. The SMILES string of the molecule is CCN1CC(c2ccccc2)CC2(CCN(C(=O)c3cnccn3)CC2)C1. The number of rotatable bonds is 3. The molecule has 1 unspecified atom stereocenters. The van der Waals surface area contributed by atoms with E-state index < -0.39 is 0 Å². The fraction of sp³-hybridized carbons (Fsp3) is 0.500. The number of carbonyl (C=O) groups excluding carboxylic acids is 1. The monoisotopic (exact) mass is 364 g/mol. The van der Waals surface area contributed by atoms with Crippen molar-refractivity contribution in [1.82, 2.24) is 19.8 Å². The second kappa shape index (κ2) is 7.77. The first-order valence-electron chi connectivity index (χ1n) is 10.0. The molecule has 0 aliphatic carbocycles. The molecule has 4 rings (SSSR count). The van der Waals surface area contributed by atoms with Crippen molar-refractivity contribution in [2.75, 3.05) is 32.7 Å². The minimum Gasteiger partial charge on any atom is -0.337 e. The average Bonchev–Trinajstić information content (AvgIpc) is 2.75. The van der Waals surface area contributed by atoms with Crippen LogP contribution in [-0.4, -0.2) is 58.4 Å². The first-order valence-corrected chi connectivity index (χ1v) is 10.0. The molecule has 1 spiro atoms. The number of amides is 1. The van der Waals surface area contributed by atoms with Crippen LogP contribution < -0.4 is 0 Å². The third-order valence-electron chi connectivity index (χ3n) is 6.33. The van der Waals surface area contributed by atoms with Crippen LogP contribution in [0, 0.1) is 5.41 Å². The molecule has 1 aromatic heterocycles. The van der Waals surface area contributed by atoms with E-state index >= 15 is 0 Å². The van der Waals surface area contributed by atoms with Crippen molar-refractivity contribution in [3.8, 4) is 0 Å². The highest BCUT2D eigenvalue weighted by atomic mass is 16.2. The molecule has 5 heteroatoms. The summed E-state index contributed by atoms with van der Waals surface area (Å²) in [5.41, 5.74) is 2.22. The Morgan fingerprint density at radius 2 is 1.96 bits per heavy atom. The number of likely N-dealkylation sites (N-methyl/N-ethyl adjacent to an activating group) is 1. The maximum Gasteiger partial charge on any atom is 0.274 e. The summed E-state index contributed by atoms with van der Waals surface area (Å²) in [6, 6.07) is 10.9. The number of aromatic nitrogens is 2. The lowest BCUT2D eigenvalue weighted by Crippen LogP contribution is -2.52. The molecule has 0 N–H and O–H groups in total. The third kappa shape index (κ3) is 3.88. The number of piperidine rings is 2. The highest BCUT2D eigenvalue weighted by molar-refractivity contribution is 5.92. The molecule has 1 amide bonds. The van der Waals surface area contributed by atoms with Crippen LogP contribution in [0.4, 0.5) is 0 Å². The minimum absolute atomic E-state index is 0.0146. The maximum atomic E-state index is 12.7. The summed E-state index contributed by atoms with van der Waals surface area (Å²) in [4.78, 5) is 25.4. The van der Waals surface area contributed by atoms with Crippen LogP contribution in [0.15, 0.2) is 48.9 Å². The van der Waals surface area contributed by atoms with E-state index in [0.29, 0.717) is 17.0 Å². The average molecular weight is 364 g/mol. The molecule has 2 aliphatic rings. The number of nitrogens with zero attached hydrogens (tertiary/aromatic N) is 4. The van der Waals surface area contributed by atoms with Gasteiger partial charge in [0, 0.05) is 38.6 Å². The van der Waals surface area contributed by atoms with Crippen LogP contribution in [0.1, 0.15) is 48.2 Å². The van der Waals surface area contributed by atoms with Crippen molar-refractivity contribution < 1.29 is 4.79 Å². The van der Waals surface area contributed by atoms with Gasteiger partial charge < -0.3 is 9.80 Å². The predicted molar refractivity (Wildman–Crippen MR) is 106 cm³/mol. The first kappa shape index (κ1) is 18.1. The van der Waals surface area contributed by atoms with E-state index in [4.69, 9.17) is 0 Å². The summed E-state index contributed by atoms with van der Waals surface area (Å²) < 4.78 is 0. The van der Waals surface area contributed by atoms with Gasteiger partial charge in [0.1, 0.15) is 5.69 Å². The Bertz CT molecular complexity index is 756. The van der Waals surface area contributed by atoms with Crippen molar-refractivity contribution in [2.45, 2.75) is 32.1 Å². The molecule has 2 aliphatic heterocycles. The molecule has 2 saturated heterocycles. The van der Waals surface area contributed by atoms with Gasteiger partial charge in [-0.2, -0.15) is 0 Å². The number of likely N-dealkylation sites (tertiary alicyclic amines) is 2. The van der Waals surface area contributed by atoms with Gasteiger partial charge in [-0.25, -0.2) is 4.98 Å². The van der Waals surface area contributed by atoms with E-state index in [2.05, 4.69) is 52.1 Å². The van der Waals surface area contributed by atoms with Gasteiger partial charge >= 0.3 is 0 Å². The molecule has 1 atom stereocenters. The van der Waals surface area contributed by atoms with Crippen LogP contribution in [-0.2, 0) is 0 Å². The molecule has 0 saturated carbocycles. The number of hydrogen-bond donors (Lipinski definition) is 0. The van der Waals surface area contributed by atoms with Crippen LogP contribution in [0.3, 0.4) is 0 Å². The van der Waals surface area contributed by atoms with E-state index in [1.54, 1.807) is 18.6 Å². The second-order valence-corrected chi connectivity index (χ2v) is 8.02. The standard InChI is InChI=1S/C22H28N4O/c1-2-25-16-19(18-6-4-3-5-7-18)14-22(17-25)8-12-26(13-9-22)21(27)20-15-23-10-11-24-20/h3-7,10-11,15,19H,2,8-9,12-14,16-17H2,1H3. The normalized spacial score (nSPS) is 22.7. The Labute approximate surface area is 161 Å². The van der Waals surface area contributed by atoms with Crippen LogP contribution >= 0.6 is 0 Å². The lowest BCUT2D eigenvalue weighted by atomic mass is 9.68. The van der Waals surface area contributed by atoms with Gasteiger partial charge in [0.05, 0.1) is 6.20 Å². The van der Waals surface area contributed by atoms with Crippen LogP contribution in [0.5, 0.6) is 0 Å². The quantitative estimate of drug-likeness (QED) is 0.839. The van der Waals surface area contributed by atoms with Gasteiger partial charge in [-0.05, 0) is 42.7 Å². The van der Waals surface area contributed by atoms with E-state index in [-0.39, 0.29) is 5.91 Å². The first-order chi connectivity index (χ1) is 13.2. The lowest BCUT2D eigenvalue weighted by molar-refractivity contribution is 0.0156. The predicted octanol–water partition coefficient (Wildman–Crippen LogP) is 3.21. The Morgan fingerprint density at radius 3 is 2.63 bits per heavy atom. The molecule has 2 fully saturated rings. The van der Waals surface area contributed by atoms with Crippen molar-refractivity contribution in [2.24, 2.45) is 5.41 Å². The Hall–Kier alpha value is -2.27. The number of hydrogen-bond acceptors (Lipinski definition) is 4. The van der Waals surface area contributed by atoms with Crippen LogP contribution in [0.2, 0.25) is 0 Å². The lowest BCUT2D eigenvalue weighted by Gasteiger charge is -2.50. The van der Waals surface area contributed by atoms with E-state index in [1.165, 1.54) is 12.0 Å². The minimum atomic E-state index is 0.0146. The molecule has 3 heterocycles. The number of carbonyl (C=O) groups is 1. The van der Waals surface area contributed by atoms with Crippen molar-refractivity contribution in [3.63, 3.8) is 0 Å². The van der Waals surface area contributed by atoms with Gasteiger partial charge in [0.15, 0.2) is 0 Å². The highest BCUT2D eigenvalue weighted by Gasteiger charge is 2.42. The number of benzene rings is 1.